The molecule has 6 aromatic rings. The Kier molecular flexibility index (Phi) is 38.3. The number of rotatable bonds is 24. The van der Waals surface area contributed by atoms with Crippen LogP contribution in [0.2, 0.25) is 15.1 Å². The fraction of sp³-hybridized carbons (Fsp3) is 0.364. The lowest BCUT2D eigenvalue weighted by atomic mass is 10.0. The van der Waals surface area contributed by atoms with Gasteiger partial charge in [-0.25, -0.2) is 26.3 Å². The van der Waals surface area contributed by atoms with Crippen molar-refractivity contribution in [2.45, 2.75) is 116 Å². The lowest BCUT2D eigenvalue weighted by Gasteiger charge is -2.12. The van der Waals surface area contributed by atoms with E-state index in [9.17, 15) is 55.1 Å². The van der Waals surface area contributed by atoms with Crippen LogP contribution in [-0.4, -0.2) is 113 Å². The molecule has 0 fully saturated rings. The van der Waals surface area contributed by atoms with E-state index >= 15 is 0 Å². The van der Waals surface area contributed by atoms with E-state index in [1.54, 1.807) is 112 Å². The Morgan fingerprint density at radius 2 is 0.690 bits per heavy atom. The van der Waals surface area contributed by atoms with Gasteiger partial charge < -0.3 is 31.9 Å². The van der Waals surface area contributed by atoms with Crippen molar-refractivity contribution < 1.29 is 55.1 Å². The molecule has 0 bridgehead atoms. The van der Waals surface area contributed by atoms with Gasteiger partial charge in [-0.1, -0.05) is 95.5 Å². The molecule has 12 nitrogen and oxygen atoms in total. The monoisotopic (exact) mass is 1270 g/mol. The molecule has 0 aliphatic heterocycles. The van der Waals surface area contributed by atoms with Gasteiger partial charge in [-0.3, -0.25) is 28.8 Å². The Balaban J connectivity index is 0.000000522. The van der Waals surface area contributed by atoms with Gasteiger partial charge in [0.05, 0.1) is 46.3 Å². The maximum absolute atomic E-state index is 13.2. The van der Waals surface area contributed by atoms with Crippen LogP contribution >= 0.6 is 34.8 Å². The lowest BCUT2D eigenvalue weighted by molar-refractivity contribution is -0.119. The second-order valence-electron chi connectivity index (χ2n) is 20.0. The van der Waals surface area contributed by atoms with E-state index < -0.39 is 23.5 Å². The average molecular weight is 1270 g/mol. The second kappa shape index (κ2) is 42.4. The number of ketones is 6. The minimum Gasteiger partial charge on any atom is -0.310 e. The molecule has 6 atom stereocenters. The summed E-state index contributed by atoms with van der Waals surface area (Å²) in [6.07, 6.45) is 2.98. The summed E-state index contributed by atoms with van der Waals surface area (Å²) in [5, 5.41) is 19.1. The SMILES string of the molecule is CN[C@@H](Cc1cc(F)c(F)c(F)c1)C(C)=O.CN[C@@H](Cc1ccc(Cl)c(Cl)c1)C(C)=O.CN[C@@H](Cc1ccc(F)cc1)C(C)=O.CN[C@@H](Cc1cccc(Cl)c1)C(C)=O.CN[C@@H](Cc1cccc(F)c1)C(C)=O.CN[C@@H](Cc1ccccc1F)C(C)=O. The Hall–Kier alpha value is -6.45. The molecule has 0 radical (unpaired) electrons. The minimum atomic E-state index is -1.49. The van der Waals surface area contributed by atoms with Crippen LogP contribution in [0.5, 0.6) is 0 Å². The van der Waals surface area contributed by atoms with Crippen molar-refractivity contribution in [2.75, 3.05) is 42.3 Å². The molecular weight excluding hydrogens is 1190 g/mol. The molecule has 0 spiro atoms. The zero-order valence-corrected chi connectivity index (χ0v) is 53.5. The predicted octanol–water partition coefficient (Wildman–Crippen LogP) is 11.2. The molecule has 0 heterocycles. The first-order valence-electron chi connectivity index (χ1n) is 27.6. The smallest absolute Gasteiger partial charge is 0.194 e. The molecule has 0 amide bonds. The molecule has 0 saturated heterocycles. The van der Waals surface area contributed by atoms with Crippen LogP contribution in [0.1, 0.15) is 74.9 Å². The van der Waals surface area contributed by atoms with Gasteiger partial charge in [0.1, 0.15) is 52.2 Å². The van der Waals surface area contributed by atoms with E-state index in [2.05, 4.69) is 31.9 Å². The Morgan fingerprint density at radius 1 is 0.333 bits per heavy atom. The van der Waals surface area contributed by atoms with Crippen molar-refractivity contribution in [3.05, 3.63) is 211 Å². The van der Waals surface area contributed by atoms with E-state index in [1.807, 2.05) is 36.4 Å². The van der Waals surface area contributed by atoms with E-state index in [4.69, 9.17) is 34.8 Å². The van der Waals surface area contributed by atoms with E-state index in [1.165, 1.54) is 51.1 Å². The van der Waals surface area contributed by atoms with Crippen molar-refractivity contribution >= 4 is 69.5 Å². The maximum Gasteiger partial charge on any atom is 0.194 e. The number of nitrogens with one attached hydrogen (secondary N) is 6. The molecule has 0 saturated carbocycles. The van der Waals surface area contributed by atoms with Crippen molar-refractivity contribution in [2.24, 2.45) is 0 Å². The third-order valence-electron chi connectivity index (χ3n) is 13.3. The van der Waals surface area contributed by atoms with Crippen LogP contribution in [0.25, 0.3) is 0 Å². The van der Waals surface area contributed by atoms with Gasteiger partial charge in [0.2, 0.25) is 0 Å². The maximum atomic E-state index is 13.2. The number of hydrogen-bond donors (Lipinski definition) is 6. The van der Waals surface area contributed by atoms with Crippen molar-refractivity contribution in [3.63, 3.8) is 0 Å². The van der Waals surface area contributed by atoms with Crippen LogP contribution in [0.3, 0.4) is 0 Å². The summed E-state index contributed by atoms with van der Waals surface area (Å²) < 4.78 is 77.0. The average Bonchev–Trinajstić information content (AvgIpc) is 3.38. The normalized spacial score (nSPS) is 12.5. The van der Waals surface area contributed by atoms with E-state index in [0.717, 1.165) is 34.4 Å². The number of hydrogen-bond acceptors (Lipinski definition) is 12. The highest BCUT2D eigenvalue weighted by Crippen LogP contribution is 2.23. The first kappa shape index (κ1) is 78.6. The highest BCUT2D eigenvalue weighted by Gasteiger charge is 2.19. The van der Waals surface area contributed by atoms with Crippen molar-refractivity contribution in [1.82, 2.24) is 31.9 Å². The van der Waals surface area contributed by atoms with E-state index in [-0.39, 0.29) is 94.3 Å². The molecule has 474 valence electrons. The Morgan fingerprint density at radius 3 is 1.07 bits per heavy atom. The van der Waals surface area contributed by atoms with Crippen molar-refractivity contribution in [3.8, 4) is 0 Å². The minimum absolute atomic E-state index is 0.0238. The molecule has 0 unspecified atom stereocenters. The lowest BCUT2D eigenvalue weighted by Crippen LogP contribution is -2.34. The summed E-state index contributed by atoms with van der Waals surface area (Å²) in [5.41, 5.74) is 4.68. The summed E-state index contributed by atoms with van der Waals surface area (Å²) >= 11 is 17.5. The topological polar surface area (TPSA) is 175 Å². The number of carbonyl (C=O) groups is 6. The molecular formula is C66H81Cl3F6N6O6. The summed E-state index contributed by atoms with van der Waals surface area (Å²) in [5.74, 6) is -4.45. The van der Waals surface area contributed by atoms with Crippen LogP contribution in [0.4, 0.5) is 26.3 Å². The first-order valence-corrected chi connectivity index (χ1v) is 28.8. The molecule has 87 heavy (non-hydrogen) atoms. The molecule has 6 N–H and O–H groups in total. The van der Waals surface area contributed by atoms with Gasteiger partial charge >= 0.3 is 0 Å². The highest BCUT2D eigenvalue weighted by atomic mass is 35.5. The second-order valence-corrected chi connectivity index (χ2v) is 21.3. The van der Waals surface area contributed by atoms with Crippen LogP contribution in [0, 0.1) is 34.9 Å². The van der Waals surface area contributed by atoms with Gasteiger partial charge in [0.25, 0.3) is 0 Å². The number of likely N-dealkylation sites (N-methyl/N-ethyl adjacent to an activating group) is 6. The highest BCUT2D eigenvalue weighted by molar-refractivity contribution is 6.42. The molecule has 6 rings (SSSR count). The third kappa shape index (κ3) is 31.3. The van der Waals surface area contributed by atoms with E-state index in [0.29, 0.717) is 52.7 Å². The van der Waals surface area contributed by atoms with Gasteiger partial charge in [-0.15, -0.1) is 0 Å². The van der Waals surface area contributed by atoms with Gasteiger partial charge in [-0.2, -0.15) is 0 Å². The number of benzene rings is 6. The standard InChI is InChI=1S/C11H13Cl2NO.C11H14ClNO.C11H12F3NO.3C11H14FNO/c1-7(15)11(14-2)6-8-3-4-9(12)10(13)5-8;1-8(14)11(13-2)7-9-4-3-5-10(12)6-9;1-6(16)10(15-2)5-7-3-8(12)11(14)9(13)4-7;1-8(14)11(13-2)7-9-3-5-10(12)6-4-9;1-8(14)11(13-2)7-9-4-3-5-10(12)6-9;1-8(14)11(13-2)7-9-5-3-4-6-10(9)12/h3-5,11,14H,6H2,1-2H3;3-6,11,13H,7H2,1-2H3;3-4,10,15H,5H2,1-2H3;3*3-6,11,13H,7H2,1-2H3/t2*11-;10-;3*11-/m000000/s1. The first-order chi connectivity index (χ1) is 41.0. The fourth-order valence-electron chi connectivity index (χ4n) is 8.10. The molecule has 0 aromatic heterocycles. The quantitative estimate of drug-likeness (QED) is 0.0250. The number of Topliss-reactive ketones (excluding diaryl/α,β-unsaturated/α-hetero) is 6. The zero-order chi connectivity index (χ0) is 65.9. The molecule has 0 aliphatic carbocycles. The summed E-state index contributed by atoms with van der Waals surface area (Å²) in [6, 6.07) is 32.3. The van der Waals surface area contributed by atoms with Crippen LogP contribution < -0.4 is 31.9 Å². The predicted molar refractivity (Wildman–Crippen MR) is 337 cm³/mol. The molecule has 0 aliphatic rings. The Labute approximate surface area is 523 Å². The Bertz CT molecular complexity index is 3040. The fourth-order valence-corrected chi connectivity index (χ4v) is 8.63. The van der Waals surface area contributed by atoms with Gasteiger partial charge in [0.15, 0.2) is 17.5 Å². The van der Waals surface area contributed by atoms with Gasteiger partial charge in [-0.05, 0) is 222 Å². The summed E-state index contributed by atoms with van der Waals surface area (Å²) in [6.45, 7) is 9.11. The van der Waals surface area contributed by atoms with Gasteiger partial charge in [0, 0.05) is 5.02 Å². The molecule has 21 heteroatoms. The molecule has 6 aromatic carbocycles. The number of carbonyl (C=O) groups excluding carboxylic acids is 6. The van der Waals surface area contributed by atoms with Crippen LogP contribution in [-0.2, 0) is 67.3 Å². The summed E-state index contributed by atoms with van der Waals surface area (Å²) in [4.78, 5) is 66.8. The largest absolute Gasteiger partial charge is 0.310 e. The summed E-state index contributed by atoms with van der Waals surface area (Å²) in [7, 11) is 10.3. The number of halogens is 9. The zero-order valence-electron chi connectivity index (χ0n) is 51.2. The van der Waals surface area contributed by atoms with Crippen LogP contribution in [0.15, 0.2) is 127 Å². The third-order valence-corrected chi connectivity index (χ3v) is 14.3. The van der Waals surface area contributed by atoms with Crippen molar-refractivity contribution in [1.29, 1.82) is 0 Å².